The third kappa shape index (κ3) is 3.03. The summed E-state index contributed by atoms with van der Waals surface area (Å²) in [6.45, 7) is 0.289. The van der Waals surface area contributed by atoms with Crippen LogP contribution in [0.25, 0.3) is 27.3 Å². The molecule has 13 heteroatoms. The zero-order valence-electron chi connectivity index (χ0n) is 16.2. The summed E-state index contributed by atoms with van der Waals surface area (Å²) in [6, 6.07) is 2.05. The number of aromatic carboxylic acids is 3. The molecule has 3 aromatic heterocycles. The van der Waals surface area contributed by atoms with E-state index >= 15 is 0 Å². The van der Waals surface area contributed by atoms with Crippen LogP contribution in [0.4, 0.5) is 0 Å². The molecule has 0 amide bonds. The fourth-order valence-electron chi connectivity index (χ4n) is 3.81. The lowest BCUT2D eigenvalue weighted by Crippen LogP contribution is -2.31. The summed E-state index contributed by atoms with van der Waals surface area (Å²) in [7, 11) is 0. The Kier molecular flexibility index (Phi) is 4.65. The molecule has 13 nitrogen and oxygen atoms in total. The number of aryl methyl sites for hydroxylation is 1. The third-order valence-corrected chi connectivity index (χ3v) is 5.07. The summed E-state index contributed by atoms with van der Waals surface area (Å²) in [5.41, 5.74) is 3.25. The van der Waals surface area contributed by atoms with Gasteiger partial charge in [-0.2, -0.15) is 0 Å². The lowest BCUT2D eigenvalue weighted by Gasteiger charge is -2.11. The van der Waals surface area contributed by atoms with Crippen LogP contribution in [0.5, 0.6) is 0 Å². The van der Waals surface area contributed by atoms with Gasteiger partial charge in [0.15, 0.2) is 5.96 Å². The average molecular weight is 440 g/mol. The molecule has 0 aliphatic carbocycles. The van der Waals surface area contributed by atoms with Gasteiger partial charge in [0.25, 0.3) is 0 Å². The molecule has 8 N–H and O–H groups in total. The number of nitrogens with one attached hydrogen (secondary N) is 3. The molecule has 0 aliphatic heterocycles. The van der Waals surface area contributed by atoms with Crippen molar-refractivity contribution in [2.45, 2.75) is 12.8 Å². The highest BCUT2D eigenvalue weighted by Crippen LogP contribution is 2.32. The average Bonchev–Trinajstić information content (AvgIpc) is 3.32. The largest absolute Gasteiger partial charge is 0.478 e. The van der Waals surface area contributed by atoms with Crippen LogP contribution < -0.4 is 16.5 Å². The normalized spacial score (nSPS) is 11.4. The summed E-state index contributed by atoms with van der Waals surface area (Å²) >= 11 is 0. The molecule has 0 aliphatic rings. The highest BCUT2D eigenvalue weighted by Gasteiger charge is 2.28. The van der Waals surface area contributed by atoms with E-state index in [0.717, 1.165) is 12.1 Å². The number of nitrogens with two attached hydrogens (primary N) is 1. The first-order valence-electron chi connectivity index (χ1n) is 9.26. The molecule has 4 aromatic rings. The minimum atomic E-state index is -1.45. The quantitative estimate of drug-likeness (QED) is 0.118. The zero-order valence-corrected chi connectivity index (χ0v) is 16.2. The maximum Gasteiger partial charge on any atom is 0.352 e. The molecule has 164 valence electrons. The van der Waals surface area contributed by atoms with E-state index in [0.29, 0.717) is 6.42 Å². The van der Waals surface area contributed by atoms with Crippen molar-refractivity contribution in [3.8, 4) is 0 Å². The van der Waals surface area contributed by atoms with E-state index < -0.39 is 34.6 Å². The van der Waals surface area contributed by atoms with Crippen LogP contribution >= 0.6 is 0 Å². The van der Waals surface area contributed by atoms with Gasteiger partial charge in [0.05, 0.1) is 22.0 Å². The number of nitrogens with zero attached hydrogens (tertiary/aromatic N) is 2. The van der Waals surface area contributed by atoms with E-state index in [1.807, 2.05) is 0 Å². The summed E-state index contributed by atoms with van der Waals surface area (Å²) in [4.78, 5) is 55.3. The summed E-state index contributed by atoms with van der Waals surface area (Å²) < 4.78 is 1.20. The van der Waals surface area contributed by atoms with Gasteiger partial charge < -0.3 is 31.4 Å². The van der Waals surface area contributed by atoms with Gasteiger partial charge >= 0.3 is 17.9 Å². The van der Waals surface area contributed by atoms with Crippen molar-refractivity contribution < 1.29 is 29.7 Å². The fourth-order valence-corrected chi connectivity index (χ4v) is 3.81. The van der Waals surface area contributed by atoms with Crippen molar-refractivity contribution in [1.29, 1.82) is 5.41 Å². The minimum Gasteiger partial charge on any atom is -0.478 e. The molecule has 0 fully saturated rings. The second-order valence-corrected chi connectivity index (χ2v) is 7.04. The molecule has 4 rings (SSSR count). The number of aromatic amines is 1. The topological polar surface area (TPSA) is 224 Å². The number of hydrogen-bond donors (Lipinski definition) is 7. The standard InChI is InChI=1S/C19H16N6O7/c20-19(21)22-3-1-2-10-24-13-14-11(6(16(27)28)5-9(18(31)32)25(10)14)12-7(15(13)26)4-8(23-12)17(29)30/h4-5,23H,1-3H2,(H,27,28)(H,29,30)(H,31,32)(H4,20,21,22). The third-order valence-electron chi connectivity index (χ3n) is 5.07. The van der Waals surface area contributed by atoms with Crippen LogP contribution in [-0.4, -0.2) is 60.1 Å². The Bertz CT molecular complexity index is 1520. The van der Waals surface area contributed by atoms with E-state index in [4.69, 9.17) is 11.1 Å². The Hall–Kier alpha value is -4.68. The van der Waals surface area contributed by atoms with Crippen molar-refractivity contribution in [3.63, 3.8) is 0 Å². The highest BCUT2D eigenvalue weighted by molar-refractivity contribution is 6.20. The molecule has 32 heavy (non-hydrogen) atoms. The van der Waals surface area contributed by atoms with E-state index in [2.05, 4.69) is 15.3 Å². The number of imidazole rings is 1. The van der Waals surface area contributed by atoms with Gasteiger partial charge in [-0.15, -0.1) is 0 Å². The second kappa shape index (κ2) is 7.23. The monoisotopic (exact) mass is 440 g/mol. The Morgan fingerprint density at radius 1 is 1.16 bits per heavy atom. The predicted octanol–water partition coefficient (Wildman–Crippen LogP) is 0.277. The van der Waals surface area contributed by atoms with E-state index in [1.165, 1.54) is 4.40 Å². The molecule has 0 atom stereocenters. The molecular formula is C19H16N6O7. The maximum absolute atomic E-state index is 13.1. The summed E-state index contributed by atoms with van der Waals surface area (Å²) in [5, 5.41) is 38.5. The number of pyridine rings is 1. The first-order chi connectivity index (χ1) is 15.1. The van der Waals surface area contributed by atoms with Crippen molar-refractivity contribution in [2.24, 2.45) is 5.73 Å². The smallest absolute Gasteiger partial charge is 0.352 e. The molecule has 0 unspecified atom stereocenters. The van der Waals surface area contributed by atoms with Gasteiger partial charge in [0.2, 0.25) is 5.43 Å². The Morgan fingerprint density at radius 3 is 2.47 bits per heavy atom. The van der Waals surface area contributed by atoms with Gasteiger partial charge in [-0.3, -0.25) is 14.6 Å². The van der Waals surface area contributed by atoms with E-state index in [1.54, 1.807) is 0 Å². The van der Waals surface area contributed by atoms with Crippen molar-refractivity contribution in [1.82, 2.24) is 19.7 Å². The number of carbonyl (C=O) groups is 3. The second-order valence-electron chi connectivity index (χ2n) is 7.04. The van der Waals surface area contributed by atoms with E-state index in [-0.39, 0.29) is 57.8 Å². The minimum absolute atomic E-state index is 0.0137. The lowest BCUT2D eigenvalue weighted by molar-refractivity contribution is 0.0677. The number of rotatable bonds is 7. The molecule has 0 bridgehead atoms. The fraction of sp³-hybridized carbons (Fsp3) is 0.158. The first-order valence-corrected chi connectivity index (χ1v) is 9.26. The Balaban J connectivity index is 2.11. The summed E-state index contributed by atoms with van der Waals surface area (Å²) in [5.74, 6) is -4.26. The van der Waals surface area contributed by atoms with Crippen molar-refractivity contribution in [3.05, 3.63) is 45.1 Å². The molecule has 0 radical (unpaired) electrons. The molecular weight excluding hydrogens is 424 g/mol. The number of fused-ring (bicyclic) bond motifs is 2. The van der Waals surface area contributed by atoms with E-state index in [9.17, 15) is 34.5 Å². The first kappa shape index (κ1) is 20.6. The van der Waals surface area contributed by atoms with Crippen LogP contribution in [0.1, 0.15) is 43.6 Å². The molecule has 1 aromatic carbocycles. The Morgan fingerprint density at radius 2 is 1.88 bits per heavy atom. The number of carboxylic acid groups (broad SMARTS) is 3. The van der Waals surface area contributed by atoms with Gasteiger partial charge in [-0.05, 0) is 18.6 Å². The van der Waals surface area contributed by atoms with Gasteiger partial charge in [0, 0.05) is 18.4 Å². The van der Waals surface area contributed by atoms with Crippen molar-refractivity contribution >= 4 is 51.2 Å². The highest BCUT2D eigenvalue weighted by atomic mass is 16.4. The predicted molar refractivity (Wildman–Crippen MR) is 111 cm³/mol. The molecule has 0 spiro atoms. The number of benzene rings is 1. The van der Waals surface area contributed by atoms with Gasteiger partial charge in [0.1, 0.15) is 22.7 Å². The van der Waals surface area contributed by atoms with Crippen LogP contribution in [0.3, 0.4) is 0 Å². The lowest BCUT2D eigenvalue weighted by atomic mass is 10.0. The maximum atomic E-state index is 13.1. The number of guanidine groups is 1. The van der Waals surface area contributed by atoms with Crippen molar-refractivity contribution in [2.75, 3.05) is 6.54 Å². The Labute approximate surface area is 176 Å². The summed E-state index contributed by atoms with van der Waals surface area (Å²) in [6.07, 6.45) is 0.574. The zero-order chi connectivity index (χ0) is 23.3. The SMILES string of the molecule is N=C(N)NCCCc1nc2c(=O)c3cc(C(=O)O)[nH]c3c3c(C(=O)O)cc(C(=O)O)n1c23. The van der Waals surface area contributed by atoms with Crippen LogP contribution in [0.2, 0.25) is 0 Å². The number of H-pyrrole nitrogens is 1. The molecule has 0 saturated carbocycles. The van der Waals surface area contributed by atoms with Crippen LogP contribution in [-0.2, 0) is 6.42 Å². The number of aromatic nitrogens is 3. The molecule has 0 saturated heterocycles. The van der Waals surface area contributed by atoms with Gasteiger partial charge in [-0.25, -0.2) is 19.4 Å². The number of carboxylic acids is 3. The van der Waals surface area contributed by atoms with Crippen LogP contribution in [0.15, 0.2) is 16.9 Å². The number of hydrogen-bond acceptors (Lipinski definition) is 6. The van der Waals surface area contributed by atoms with Crippen LogP contribution in [0, 0.1) is 5.41 Å². The van der Waals surface area contributed by atoms with Gasteiger partial charge in [-0.1, -0.05) is 0 Å². The molecule has 3 heterocycles.